The molecule has 2 unspecified atom stereocenters. The van der Waals surface area contributed by atoms with Crippen LogP contribution in [0.5, 0.6) is 0 Å². The normalized spacial score (nSPS) is 19.3. The van der Waals surface area contributed by atoms with Gasteiger partial charge in [-0.3, -0.25) is 14.5 Å². The molecule has 2 aliphatic heterocycles. The van der Waals surface area contributed by atoms with Crippen molar-refractivity contribution < 1.29 is 48.1 Å². The highest BCUT2D eigenvalue weighted by atomic mass is 32.2. The lowest BCUT2D eigenvalue weighted by atomic mass is 10.0. The minimum atomic E-state index is -1.37. The van der Waals surface area contributed by atoms with Gasteiger partial charge in [0.2, 0.25) is 6.29 Å². The molecule has 0 bridgehead atoms. The van der Waals surface area contributed by atoms with Gasteiger partial charge in [0, 0.05) is 37.7 Å². The number of thiazole rings is 1. The Balaban J connectivity index is 1.79. The number of nitrogens with two attached hydrogens (primary N) is 1. The van der Waals surface area contributed by atoms with Crippen molar-refractivity contribution in [3.05, 3.63) is 22.3 Å². The average molecular weight is 587 g/mol. The molecule has 3 atom stereocenters. The summed E-state index contributed by atoms with van der Waals surface area (Å²) in [4.78, 5) is 68.7. The van der Waals surface area contributed by atoms with Crippen molar-refractivity contribution >= 4 is 64.0 Å². The van der Waals surface area contributed by atoms with Crippen LogP contribution < -0.4 is 11.1 Å². The molecule has 1 fully saturated rings. The van der Waals surface area contributed by atoms with E-state index in [1.807, 2.05) is 0 Å². The maximum Gasteiger partial charge on any atom is 0.511 e. The highest BCUT2D eigenvalue weighted by Gasteiger charge is 2.55. The molecule has 1 aromatic rings. The van der Waals surface area contributed by atoms with E-state index in [4.69, 9.17) is 19.9 Å². The van der Waals surface area contributed by atoms with Crippen LogP contribution in [0.4, 0.5) is 14.7 Å². The topological polar surface area (TPSA) is 212 Å². The molecule has 0 aliphatic carbocycles. The minimum Gasteiger partial charge on any atom is -0.445 e. The van der Waals surface area contributed by atoms with Crippen molar-refractivity contribution in [2.24, 2.45) is 5.16 Å². The third-order valence-electron chi connectivity index (χ3n) is 5.14. The zero-order valence-electron chi connectivity index (χ0n) is 21.2. The van der Waals surface area contributed by atoms with Crippen LogP contribution in [0.3, 0.4) is 0 Å². The summed E-state index contributed by atoms with van der Waals surface area (Å²) in [5.74, 6) is -2.47. The van der Waals surface area contributed by atoms with Crippen LogP contribution in [-0.4, -0.2) is 107 Å². The van der Waals surface area contributed by atoms with E-state index in [0.717, 1.165) is 16.2 Å². The van der Waals surface area contributed by atoms with Crippen LogP contribution in [-0.2, 0) is 33.3 Å². The SMILES string of the molecule is CCOC(=O)OC(C)OC(=O)C1=C(COC(=O)N(C)C)CS[C@H]2C(NC(=O)/C(=N\O)c3csc(N)n3)C(=O)N12. The number of nitrogens with zero attached hydrogens (tertiary/aromatic N) is 4. The van der Waals surface area contributed by atoms with Crippen molar-refractivity contribution in [1.82, 2.24) is 20.1 Å². The maximum absolute atomic E-state index is 13.1. The Labute approximate surface area is 230 Å². The quantitative estimate of drug-likeness (QED) is 0.0677. The zero-order chi connectivity index (χ0) is 28.9. The number of amides is 3. The molecule has 18 heteroatoms. The average Bonchev–Trinajstić information content (AvgIpc) is 3.30. The number of nitrogen functional groups attached to an aromatic ring is 1. The summed E-state index contributed by atoms with van der Waals surface area (Å²) in [5, 5.41) is 15.6. The van der Waals surface area contributed by atoms with Gasteiger partial charge in [-0.2, -0.15) is 0 Å². The van der Waals surface area contributed by atoms with Crippen molar-refractivity contribution in [2.75, 3.05) is 38.8 Å². The van der Waals surface area contributed by atoms with Gasteiger partial charge in [0.05, 0.1) is 6.61 Å². The Morgan fingerprint density at radius 2 is 2.03 bits per heavy atom. The number of carbonyl (C=O) groups is 5. The highest BCUT2D eigenvalue weighted by Crippen LogP contribution is 2.41. The fourth-order valence-corrected chi connectivity index (χ4v) is 5.27. The molecule has 3 heterocycles. The highest BCUT2D eigenvalue weighted by molar-refractivity contribution is 8.00. The van der Waals surface area contributed by atoms with Crippen LogP contribution in [0, 0.1) is 0 Å². The van der Waals surface area contributed by atoms with Crippen LogP contribution in [0.1, 0.15) is 19.5 Å². The summed E-state index contributed by atoms with van der Waals surface area (Å²) in [6.07, 6.45) is -3.11. The van der Waals surface area contributed by atoms with Crippen molar-refractivity contribution in [1.29, 1.82) is 0 Å². The molecule has 2 aliphatic rings. The molecule has 0 radical (unpaired) electrons. The van der Waals surface area contributed by atoms with Crippen molar-refractivity contribution in [2.45, 2.75) is 31.6 Å². The lowest BCUT2D eigenvalue weighted by Gasteiger charge is -2.49. The molecular weight excluding hydrogens is 560 g/mol. The first-order chi connectivity index (χ1) is 18.5. The molecule has 3 rings (SSSR count). The molecule has 1 aromatic heterocycles. The standard InChI is InChI=1S/C21H26N6O10S2/c1-5-34-21(32)37-9(2)36-18(30)14-10(6-35-20(31)26(3)4)7-38-17-13(16(29)27(14)17)24-15(28)12(25-33)11-8-39-19(22)23-11/h8-9,13,17,33H,5-7H2,1-4H3,(H2,22,23)(H,24,28)/b25-12-/t9?,13?,17-/m0/s1. The third-order valence-corrected chi connectivity index (χ3v) is 7.15. The van der Waals surface area contributed by atoms with Gasteiger partial charge in [-0.05, 0) is 6.92 Å². The first-order valence-electron chi connectivity index (χ1n) is 11.3. The Morgan fingerprint density at radius 1 is 1.31 bits per heavy atom. The number of rotatable bonds is 9. The first-order valence-corrected chi connectivity index (χ1v) is 13.2. The van der Waals surface area contributed by atoms with Gasteiger partial charge in [-0.1, -0.05) is 5.16 Å². The van der Waals surface area contributed by atoms with Gasteiger partial charge in [0.25, 0.3) is 11.8 Å². The largest absolute Gasteiger partial charge is 0.511 e. The molecule has 39 heavy (non-hydrogen) atoms. The van der Waals surface area contributed by atoms with Crippen molar-refractivity contribution in [3.8, 4) is 0 Å². The number of hydrogen-bond acceptors (Lipinski definition) is 15. The van der Waals surface area contributed by atoms with Crippen LogP contribution in [0.25, 0.3) is 0 Å². The van der Waals surface area contributed by atoms with Gasteiger partial charge in [-0.25, -0.2) is 19.4 Å². The van der Waals surface area contributed by atoms with E-state index in [0.29, 0.717) is 0 Å². The minimum absolute atomic E-state index is 0.0159. The van der Waals surface area contributed by atoms with Gasteiger partial charge in [0.15, 0.2) is 10.8 Å². The Hall–Kier alpha value is -4.06. The molecule has 1 saturated heterocycles. The third kappa shape index (κ3) is 6.69. The molecule has 0 aromatic carbocycles. The summed E-state index contributed by atoms with van der Waals surface area (Å²) in [6.45, 7) is 2.55. The molecule has 4 N–H and O–H groups in total. The monoisotopic (exact) mass is 586 g/mol. The number of nitrogens with one attached hydrogen (secondary N) is 1. The molecule has 16 nitrogen and oxygen atoms in total. The fourth-order valence-electron chi connectivity index (χ4n) is 3.40. The van der Waals surface area contributed by atoms with E-state index < -0.39 is 53.4 Å². The lowest BCUT2D eigenvalue weighted by molar-refractivity contribution is -0.169. The van der Waals surface area contributed by atoms with E-state index >= 15 is 0 Å². The molecule has 0 saturated carbocycles. The van der Waals surface area contributed by atoms with Gasteiger partial charge >= 0.3 is 18.2 Å². The smallest absolute Gasteiger partial charge is 0.445 e. The second kappa shape index (κ2) is 12.7. The number of thioether (sulfide) groups is 1. The number of hydrogen-bond donors (Lipinski definition) is 3. The number of anilines is 1. The molecule has 3 amide bonds. The van der Waals surface area contributed by atoms with Crippen LogP contribution >= 0.6 is 23.1 Å². The predicted octanol–water partition coefficient (Wildman–Crippen LogP) is 0.318. The number of aromatic nitrogens is 1. The van der Waals surface area contributed by atoms with E-state index in [1.165, 1.54) is 43.1 Å². The predicted molar refractivity (Wildman–Crippen MR) is 136 cm³/mol. The summed E-state index contributed by atoms with van der Waals surface area (Å²) < 4.78 is 19.9. The number of oxime groups is 1. The summed E-state index contributed by atoms with van der Waals surface area (Å²) >= 11 is 2.22. The number of β-lactam (4-membered cyclic amide) rings is 1. The number of carbonyl (C=O) groups excluding carboxylic acids is 5. The van der Waals surface area contributed by atoms with Crippen LogP contribution in [0.15, 0.2) is 21.8 Å². The van der Waals surface area contributed by atoms with E-state index in [9.17, 15) is 29.2 Å². The van der Waals surface area contributed by atoms with E-state index in [2.05, 4.69) is 20.2 Å². The van der Waals surface area contributed by atoms with Gasteiger partial charge in [0.1, 0.15) is 29.4 Å². The van der Waals surface area contributed by atoms with Gasteiger partial charge < -0.3 is 40.1 Å². The van der Waals surface area contributed by atoms with Crippen molar-refractivity contribution in [3.63, 3.8) is 0 Å². The number of fused-ring (bicyclic) bond motifs is 1. The maximum atomic E-state index is 13.1. The second-order valence-electron chi connectivity index (χ2n) is 8.06. The second-order valence-corrected chi connectivity index (χ2v) is 10.1. The summed E-state index contributed by atoms with van der Waals surface area (Å²) in [7, 11) is 2.95. The first kappa shape index (κ1) is 29.5. The van der Waals surface area contributed by atoms with Crippen LogP contribution in [0.2, 0.25) is 0 Å². The Morgan fingerprint density at radius 3 is 2.62 bits per heavy atom. The molecule has 0 spiro atoms. The number of ether oxygens (including phenoxy) is 4. The summed E-state index contributed by atoms with van der Waals surface area (Å²) in [6, 6.07) is -1.10. The Bertz CT molecular complexity index is 1220. The fraction of sp³-hybridized carbons (Fsp3) is 0.476. The zero-order valence-corrected chi connectivity index (χ0v) is 22.9. The molecule has 212 valence electrons. The van der Waals surface area contributed by atoms with Gasteiger partial charge in [-0.15, -0.1) is 23.1 Å². The number of esters is 1. The van der Waals surface area contributed by atoms with E-state index in [-0.39, 0.29) is 41.1 Å². The molecular formula is C21H26N6O10S2. The Kier molecular flexibility index (Phi) is 9.57. The lowest BCUT2D eigenvalue weighted by Crippen LogP contribution is -2.71. The summed E-state index contributed by atoms with van der Waals surface area (Å²) in [5.41, 5.74) is 5.17. The van der Waals surface area contributed by atoms with E-state index in [1.54, 1.807) is 6.92 Å².